The number of benzene rings is 1. The van der Waals surface area contributed by atoms with Crippen LogP contribution in [0.2, 0.25) is 0 Å². The number of piperazine rings is 1. The zero-order chi connectivity index (χ0) is 16.1. The maximum absolute atomic E-state index is 12.2. The Morgan fingerprint density at radius 1 is 1.17 bits per heavy atom. The molecule has 0 unspecified atom stereocenters. The third kappa shape index (κ3) is 4.00. The van der Waals surface area contributed by atoms with Gasteiger partial charge < -0.3 is 19.0 Å². The first kappa shape index (κ1) is 15.3. The fourth-order valence-corrected chi connectivity index (χ4v) is 2.49. The van der Waals surface area contributed by atoms with E-state index >= 15 is 0 Å². The van der Waals surface area contributed by atoms with E-state index in [1.54, 1.807) is 6.92 Å². The van der Waals surface area contributed by atoms with Crippen LogP contribution in [-0.4, -0.2) is 53.8 Å². The standard InChI is InChI=1S/C16H20N4O3/c1-13-17-18-16(23-13)20-10-8-19(9-11-20)15(21)7-12-22-14-5-3-2-4-6-14/h2-6H,7-12H2,1H3. The zero-order valence-electron chi connectivity index (χ0n) is 13.1. The fraction of sp³-hybridized carbons (Fsp3) is 0.438. The molecule has 7 nitrogen and oxygen atoms in total. The molecule has 1 aromatic carbocycles. The Bertz CT molecular complexity index is 636. The first-order valence-corrected chi connectivity index (χ1v) is 7.73. The quantitative estimate of drug-likeness (QED) is 0.832. The van der Waals surface area contributed by atoms with Crippen LogP contribution in [0, 0.1) is 6.92 Å². The summed E-state index contributed by atoms with van der Waals surface area (Å²) >= 11 is 0. The Morgan fingerprint density at radius 2 is 1.91 bits per heavy atom. The molecule has 0 N–H and O–H groups in total. The van der Waals surface area contributed by atoms with Crippen LogP contribution in [0.5, 0.6) is 5.75 Å². The highest BCUT2D eigenvalue weighted by molar-refractivity contribution is 5.76. The van der Waals surface area contributed by atoms with Crippen molar-refractivity contribution in [2.75, 3.05) is 37.7 Å². The third-order valence-corrected chi connectivity index (χ3v) is 3.75. The molecule has 0 atom stereocenters. The number of carbonyl (C=O) groups is 1. The van der Waals surface area contributed by atoms with Crippen LogP contribution in [0.4, 0.5) is 6.01 Å². The van der Waals surface area contributed by atoms with Crippen molar-refractivity contribution in [2.45, 2.75) is 13.3 Å². The Balaban J connectivity index is 1.41. The summed E-state index contributed by atoms with van der Waals surface area (Å²) in [6, 6.07) is 10.1. The second kappa shape index (κ2) is 7.13. The minimum atomic E-state index is 0.113. The number of carbonyl (C=O) groups excluding carboxylic acids is 1. The molecule has 1 amide bonds. The van der Waals surface area contributed by atoms with E-state index in [-0.39, 0.29) is 5.91 Å². The monoisotopic (exact) mass is 316 g/mol. The number of anilines is 1. The first-order chi connectivity index (χ1) is 11.2. The van der Waals surface area contributed by atoms with Gasteiger partial charge in [-0.25, -0.2) is 0 Å². The van der Waals surface area contributed by atoms with Crippen LogP contribution in [-0.2, 0) is 4.79 Å². The van der Waals surface area contributed by atoms with Crippen molar-refractivity contribution in [1.82, 2.24) is 15.1 Å². The van der Waals surface area contributed by atoms with Gasteiger partial charge in [-0.3, -0.25) is 4.79 Å². The molecule has 0 spiro atoms. The largest absolute Gasteiger partial charge is 0.493 e. The Hall–Kier alpha value is -2.57. The highest BCUT2D eigenvalue weighted by atomic mass is 16.5. The van der Waals surface area contributed by atoms with Crippen molar-refractivity contribution in [3.8, 4) is 5.75 Å². The minimum Gasteiger partial charge on any atom is -0.493 e. The van der Waals surface area contributed by atoms with E-state index in [2.05, 4.69) is 10.2 Å². The second-order valence-electron chi connectivity index (χ2n) is 5.38. The third-order valence-electron chi connectivity index (χ3n) is 3.75. The summed E-state index contributed by atoms with van der Waals surface area (Å²) < 4.78 is 11.0. The van der Waals surface area contributed by atoms with Crippen molar-refractivity contribution in [3.63, 3.8) is 0 Å². The van der Waals surface area contributed by atoms with E-state index in [1.165, 1.54) is 0 Å². The van der Waals surface area contributed by atoms with Crippen LogP contribution >= 0.6 is 0 Å². The molecule has 0 radical (unpaired) electrons. The molecule has 122 valence electrons. The first-order valence-electron chi connectivity index (χ1n) is 7.73. The van der Waals surface area contributed by atoms with Gasteiger partial charge in [-0.1, -0.05) is 23.3 Å². The van der Waals surface area contributed by atoms with Crippen LogP contribution in [0.1, 0.15) is 12.3 Å². The molecule has 0 bridgehead atoms. The molecule has 3 rings (SSSR count). The Labute approximate surface area is 134 Å². The van der Waals surface area contributed by atoms with Crippen LogP contribution in [0.15, 0.2) is 34.7 Å². The maximum atomic E-state index is 12.2. The lowest BCUT2D eigenvalue weighted by molar-refractivity contribution is -0.132. The number of hydrogen-bond acceptors (Lipinski definition) is 6. The Morgan fingerprint density at radius 3 is 2.57 bits per heavy atom. The molecular formula is C16H20N4O3. The molecule has 1 fully saturated rings. The second-order valence-corrected chi connectivity index (χ2v) is 5.38. The number of para-hydroxylation sites is 1. The summed E-state index contributed by atoms with van der Waals surface area (Å²) in [5, 5.41) is 7.84. The molecule has 0 aliphatic carbocycles. The summed E-state index contributed by atoms with van der Waals surface area (Å²) in [7, 11) is 0. The summed E-state index contributed by atoms with van der Waals surface area (Å²) in [5.41, 5.74) is 0. The van der Waals surface area contributed by atoms with Crippen molar-refractivity contribution < 1.29 is 13.9 Å². The summed E-state index contributed by atoms with van der Waals surface area (Å²) in [6.45, 7) is 4.88. The summed E-state index contributed by atoms with van der Waals surface area (Å²) in [4.78, 5) is 16.1. The van der Waals surface area contributed by atoms with Gasteiger partial charge in [0.2, 0.25) is 11.8 Å². The zero-order valence-corrected chi connectivity index (χ0v) is 13.1. The van der Waals surface area contributed by atoms with Crippen LogP contribution in [0.25, 0.3) is 0 Å². The number of ether oxygens (including phenoxy) is 1. The lowest BCUT2D eigenvalue weighted by Crippen LogP contribution is -2.49. The number of aromatic nitrogens is 2. The summed E-state index contributed by atoms with van der Waals surface area (Å²) in [5.74, 6) is 1.45. The van der Waals surface area contributed by atoms with Gasteiger partial charge >= 0.3 is 6.01 Å². The van der Waals surface area contributed by atoms with Gasteiger partial charge in [0.1, 0.15) is 5.75 Å². The molecule has 2 heterocycles. The smallest absolute Gasteiger partial charge is 0.318 e. The normalized spacial score (nSPS) is 14.8. The topological polar surface area (TPSA) is 71.7 Å². The van der Waals surface area contributed by atoms with Crippen molar-refractivity contribution in [3.05, 3.63) is 36.2 Å². The van der Waals surface area contributed by atoms with E-state index in [4.69, 9.17) is 9.15 Å². The predicted octanol–water partition coefficient (Wildman–Crippen LogP) is 1.50. The molecule has 1 aliphatic heterocycles. The van der Waals surface area contributed by atoms with E-state index in [1.807, 2.05) is 40.1 Å². The number of amides is 1. The molecular weight excluding hydrogens is 296 g/mol. The van der Waals surface area contributed by atoms with Crippen LogP contribution in [0.3, 0.4) is 0 Å². The fourth-order valence-electron chi connectivity index (χ4n) is 2.49. The van der Waals surface area contributed by atoms with Gasteiger partial charge in [-0.2, -0.15) is 0 Å². The number of aryl methyl sites for hydroxylation is 1. The van der Waals surface area contributed by atoms with Gasteiger partial charge in [0, 0.05) is 33.1 Å². The highest BCUT2D eigenvalue weighted by Gasteiger charge is 2.23. The predicted molar refractivity (Wildman–Crippen MR) is 84.4 cm³/mol. The van der Waals surface area contributed by atoms with Gasteiger partial charge in [0.05, 0.1) is 13.0 Å². The van der Waals surface area contributed by atoms with Crippen molar-refractivity contribution >= 4 is 11.9 Å². The number of hydrogen-bond donors (Lipinski definition) is 0. The molecule has 1 saturated heterocycles. The molecule has 7 heteroatoms. The van der Waals surface area contributed by atoms with E-state index in [9.17, 15) is 4.79 Å². The van der Waals surface area contributed by atoms with Gasteiger partial charge in [-0.05, 0) is 12.1 Å². The minimum absolute atomic E-state index is 0.113. The average molecular weight is 316 g/mol. The highest BCUT2D eigenvalue weighted by Crippen LogP contribution is 2.15. The van der Waals surface area contributed by atoms with E-state index in [0.29, 0.717) is 51.1 Å². The maximum Gasteiger partial charge on any atom is 0.318 e. The van der Waals surface area contributed by atoms with Gasteiger partial charge in [0.15, 0.2) is 0 Å². The molecule has 2 aromatic rings. The number of nitrogens with zero attached hydrogens (tertiary/aromatic N) is 4. The molecule has 1 aromatic heterocycles. The lowest BCUT2D eigenvalue weighted by atomic mass is 10.3. The molecule has 0 saturated carbocycles. The van der Waals surface area contributed by atoms with E-state index in [0.717, 1.165) is 5.75 Å². The summed E-state index contributed by atoms with van der Waals surface area (Å²) in [6.07, 6.45) is 0.383. The number of rotatable bonds is 5. The lowest BCUT2D eigenvalue weighted by Gasteiger charge is -2.33. The SMILES string of the molecule is Cc1nnc(N2CCN(C(=O)CCOc3ccccc3)CC2)o1. The van der Waals surface area contributed by atoms with Crippen LogP contribution < -0.4 is 9.64 Å². The molecule has 1 aliphatic rings. The van der Waals surface area contributed by atoms with Crippen molar-refractivity contribution in [2.24, 2.45) is 0 Å². The Kier molecular flexibility index (Phi) is 4.75. The van der Waals surface area contributed by atoms with Gasteiger partial charge in [-0.15, -0.1) is 5.10 Å². The molecule has 23 heavy (non-hydrogen) atoms. The van der Waals surface area contributed by atoms with Gasteiger partial charge in [0.25, 0.3) is 0 Å². The van der Waals surface area contributed by atoms with Crippen molar-refractivity contribution in [1.29, 1.82) is 0 Å². The van der Waals surface area contributed by atoms with E-state index < -0.39 is 0 Å². The average Bonchev–Trinajstić information content (AvgIpc) is 3.02.